The third-order valence-electron chi connectivity index (χ3n) is 5.07. The molecule has 8 nitrogen and oxygen atoms in total. The van der Waals surface area contributed by atoms with Gasteiger partial charge in [-0.2, -0.15) is 0 Å². The highest BCUT2D eigenvalue weighted by Crippen LogP contribution is 2.44. The molecule has 0 spiro atoms. The van der Waals surface area contributed by atoms with Crippen molar-refractivity contribution in [3.63, 3.8) is 0 Å². The van der Waals surface area contributed by atoms with Crippen LogP contribution in [0.2, 0.25) is 0 Å². The highest BCUT2D eigenvalue weighted by molar-refractivity contribution is 7.14. The van der Waals surface area contributed by atoms with E-state index in [2.05, 4.69) is 9.97 Å². The van der Waals surface area contributed by atoms with Crippen LogP contribution < -0.4 is 14.4 Å². The lowest BCUT2D eigenvalue weighted by Crippen LogP contribution is -2.29. The van der Waals surface area contributed by atoms with Crippen LogP contribution in [0.1, 0.15) is 37.4 Å². The van der Waals surface area contributed by atoms with Crippen LogP contribution in [0.3, 0.4) is 0 Å². The second-order valence-corrected chi connectivity index (χ2v) is 8.08. The number of ketones is 1. The SMILES string of the molecule is CCCOc1ccc(C2/C(=C(\O)c3ccncc3)C(=O)C(=O)N2c2nccs2)cc1OCC. The predicted molar refractivity (Wildman–Crippen MR) is 125 cm³/mol. The third-order valence-corrected chi connectivity index (χ3v) is 5.84. The van der Waals surface area contributed by atoms with Crippen LogP contribution in [0.25, 0.3) is 5.76 Å². The quantitative estimate of drug-likeness (QED) is 0.300. The summed E-state index contributed by atoms with van der Waals surface area (Å²) in [6, 6.07) is 7.54. The van der Waals surface area contributed by atoms with Gasteiger partial charge >= 0.3 is 5.91 Å². The Bertz CT molecular complexity index is 1180. The molecule has 1 aromatic carbocycles. The van der Waals surface area contributed by atoms with Gasteiger partial charge in [-0.25, -0.2) is 4.98 Å². The molecule has 0 radical (unpaired) electrons. The van der Waals surface area contributed by atoms with Gasteiger partial charge in [-0.1, -0.05) is 13.0 Å². The number of thiazole rings is 1. The van der Waals surface area contributed by atoms with Gasteiger partial charge in [0.1, 0.15) is 5.76 Å². The summed E-state index contributed by atoms with van der Waals surface area (Å²) in [4.78, 5) is 35.7. The van der Waals surface area contributed by atoms with Crippen molar-refractivity contribution in [2.24, 2.45) is 0 Å². The topological polar surface area (TPSA) is 102 Å². The first-order chi connectivity index (χ1) is 16.1. The fourth-order valence-electron chi connectivity index (χ4n) is 3.64. The number of hydrogen-bond acceptors (Lipinski definition) is 8. The molecule has 33 heavy (non-hydrogen) atoms. The van der Waals surface area contributed by atoms with Crippen molar-refractivity contribution < 1.29 is 24.2 Å². The van der Waals surface area contributed by atoms with Gasteiger partial charge in [0.15, 0.2) is 16.6 Å². The first-order valence-corrected chi connectivity index (χ1v) is 11.4. The van der Waals surface area contributed by atoms with Crippen LogP contribution in [0.4, 0.5) is 5.13 Å². The Labute approximate surface area is 195 Å². The Balaban J connectivity index is 1.89. The minimum Gasteiger partial charge on any atom is -0.507 e. The number of amides is 1. The highest BCUT2D eigenvalue weighted by atomic mass is 32.1. The number of carbonyl (C=O) groups is 2. The van der Waals surface area contributed by atoms with Crippen LogP contribution in [-0.2, 0) is 9.59 Å². The second kappa shape index (κ2) is 9.83. The summed E-state index contributed by atoms with van der Waals surface area (Å²) < 4.78 is 11.6. The molecule has 1 fully saturated rings. The number of benzene rings is 1. The number of carbonyl (C=O) groups excluding carboxylic acids is 2. The van der Waals surface area contributed by atoms with Gasteiger partial charge in [-0.15, -0.1) is 11.3 Å². The minimum atomic E-state index is -0.885. The summed E-state index contributed by atoms with van der Waals surface area (Å²) in [5.41, 5.74) is 0.957. The zero-order chi connectivity index (χ0) is 23.4. The maximum atomic E-state index is 13.1. The van der Waals surface area contributed by atoms with Crippen molar-refractivity contribution >= 4 is 33.9 Å². The molecule has 1 atom stereocenters. The Morgan fingerprint density at radius 1 is 1.09 bits per heavy atom. The Hall–Kier alpha value is -3.72. The molecular formula is C24H23N3O5S. The summed E-state index contributed by atoms with van der Waals surface area (Å²) in [6.45, 7) is 4.81. The number of rotatable bonds is 8. The average molecular weight is 466 g/mol. The van der Waals surface area contributed by atoms with E-state index in [9.17, 15) is 14.7 Å². The third kappa shape index (κ3) is 4.31. The number of pyridine rings is 1. The number of hydrogen-bond donors (Lipinski definition) is 1. The van der Waals surface area contributed by atoms with Crippen molar-refractivity contribution in [2.45, 2.75) is 26.3 Å². The molecule has 1 N–H and O–H groups in total. The maximum Gasteiger partial charge on any atom is 0.301 e. The van der Waals surface area contributed by atoms with Crippen molar-refractivity contribution in [3.05, 3.63) is 71.0 Å². The van der Waals surface area contributed by atoms with Gasteiger partial charge < -0.3 is 14.6 Å². The van der Waals surface area contributed by atoms with Crippen molar-refractivity contribution in [1.82, 2.24) is 9.97 Å². The summed E-state index contributed by atoms with van der Waals surface area (Å²) in [7, 11) is 0. The zero-order valence-electron chi connectivity index (χ0n) is 18.2. The van der Waals surface area contributed by atoms with Crippen LogP contribution in [0.15, 0.2) is 59.9 Å². The van der Waals surface area contributed by atoms with Crippen LogP contribution >= 0.6 is 11.3 Å². The molecular weight excluding hydrogens is 442 g/mol. The summed E-state index contributed by atoms with van der Waals surface area (Å²) in [6.07, 6.45) is 5.41. The number of aliphatic hydroxyl groups is 1. The van der Waals surface area contributed by atoms with E-state index in [4.69, 9.17) is 9.47 Å². The van der Waals surface area contributed by atoms with Gasteiger partial charge in [-0.3, -0.25) is 19.5 Å². The normalized spacial score (nSPS) is 17.4. The maximum absolute atomic E-state index is 13.1. The van der Waals surface area contributed by atoms with E-state index in [0.717, 1.165) is 6.42 Å². The average Bonchev–Trinajstić information content (AvgIpc) is 3.45. The molecule has 1 unspecified atom stereocenters. The van der Waals surface area contributed by atoms with Gasteiger partial charge in [0.05, 0.1) is 24.8 Å². The molecule has 2 aromatic heterocycles. The van der Waals surface area contributed by atoms with Gasteiger partial charge in [0, 0.05) is 29.5 Å². The first-order valence-electron chi connectivity index (χ1n) is 10.6. The van der Waals surface area contributed by atoms with Gasteiger partial charge in [0.2, 0.25) is 0 Å². The van der Waals surface area contributed by atoms with Crippen molar-refractivity contribution in [3.8, 4) is 11.5 Å². The van der Waals surface area contributed by atoms with E-state index in [0.29, 0.717) is 41.0 Å². The fraction of sp³-hybridized carbons (Fsp3) is 0.250. The van der Waals surface area contributed by atoms with E-state index >= 15 is 0 Å². The van der Waals surface area contributed by atoms with Gasteiger partial charge in [0.25, 0.3) is 5.78 Å². The molecule has 1 amide bonds. The second-order valence-electron chi connectivity index (χ2n) is 7.21. The standard InChI is InChI=1S/C24H23N3O5S/c1-3-12-32-17-6-5-16(14-18(17)31-4-2)20-19(21(28)15-7-9-25-10-8-15)22(29)23(30)27(20)24-26-11-13-33-24/h5-11,13-14,20,28H,3-4,12H2,1-2H3/b21-19+. The van der Waals surface area contributed by atoms with Crippen molar-refractivity contribution in [2.75, 3.05) is 18.1 Å². The Kier molecular flexibility index (Phi) is 6.69. The van der Waals surface area contributed by atoms with E-state index in [-0.39, 0.29) is 11.3 Å². The number of aliphatic hydroxyl groups excluding tert-OH is 1. The molecule has 170 valence electrons. The number of Topliss-reactive ketones (excluding diaryl/α,β-unsaturated/α-hetero) is 1. The molecule has 3 aromatic rings. The number of nitrogens with zero attached hydrogens (tertiary/aromatic N) is 3. The molecule has 3 heterocycles. The molecule has 0 aliphatic carbocycles. The molecule has 0 saturated carbocycles. The van der Waals surface area contributed by atoms with Crippen molar-refractivity contribution in [1.29, 1.82) is 0 Å². The smallest absolute Gasteiger partial charge is 0.301 e. The Morgan fingerprint density at radius 2 is 1.88 bits per heavy atom. The lowest BCUT2D eigenvalue weighted by Gasteiger charge is -2.24. The van der Waals surface area contributed by atoms with Crippen LogP contribution in [-0.4, -0.2) is 40.0 Å². The predicted octanol–water partition coefficient (Wildman–Crippen LogP) is 4.35. The van der Waals surface area contributed by atoms with Crippen LogP contribution in [0, 0.1) is 0 Å². The number of ether oxygens (including phenoxy) is 2. The fourth-order valence-corrected chi connectivity index (χ4v) is 4.31. The molecule has 9 heteroatoms. The molecule has 1 aliphatic heterocycles. The van der Waals surface area contributed by atoms with E-state index in [1.165, 1.54) is 28.6 Å². The van der Waals surface area contributed by atoms with E-state index < -0.39 is 17.7 Å². The Morgan fingerprint density at radius 3 is 2.55 bits per heavy atom. The monoisotopic (exact) mass is 465 g/mol. The molecule has 1 aliphatic rings. The largest absolute Gasteiger partial charge is 0.507 e. The van der Waals surface area contributed by atoms with Crippen LogP contribution in [0.5, 0.6) is 11.5 Å². The summed E-state index contributed by atoms with van der Waals surface area (Å²) >= 11 is 1.23. The van der Waals surface area contributed by atoms with Gasteiger partial charge in [-0.05, 0) is 43.2 Å². The molecule has 0 bridgehead atoms. The minimum absolute atomic E-state index is 0.0222. The lowest BCUT2D eigenvalue weighted by molar-refractivity contribution is -0.132. The van der Waals surface area contributed by atoms with E-state index in [1.807, 2.05) is 13.8 Å². The zero-order valence-corrected chi connectivity index (χ0v) is 19.0. The number of anilines is 1. The number of aromatic nitrogens is 2. The molecule has 1 saturated heterocycles. The summed E-state index contributed by atoms with van der Waals surface area (Å²) in [5.74, 6) is -0.743. The molecule has 4 rings (SSSR count). The highest BCUT2D eigenvalue weighted by Gasteiger charge is 2.48. The van der Waals surface area contributed by atoms with E-state index in [1.54, 1.807) is 41.9 Å². The first kappa shape index (κ1) is 22.5. The summed E-state index contributed by atoms with van der Waals surface area (Å²) in [5, 5.41) is 13.2. The lowest BCUT2D eigenvalue weighted by atomic mass is 9.95.